The number of hydrogen-bond donors (Lipinski definition) is 1. The number of halogens is 1. The van der Waals surface area contributed by atoms with E-state index in [-0.39, 0.29) is 0 Å². The van der Waals surface area contributed by atoms with Crippen LogP contribution in [0.2, 0.25) is 5.02 Å². The molecule has 0 fully saturated rings. The second-order valence-corrected chi connectivity index (χ2v) is 6.05. The third-order valence-electron chi connectivity index (χ3n) is 4.14. The van der Waals surface area contributed by atoms with Gasteiger partial charge in [-0.1, -0.05) is 57.3 Å². The molecule has 0 atom stereocenters. The van der Waals surface area contributed by atoms with Crippen molar-refractivity contribution in [2.75, 3.05) is 24.5 Å². The number of hydrogen-bond acceptors (Lipinski definition) is 2. The van der Waals surface area contributed by atoms with E-state index in [0.29, 0.717) is 0 Å². The van der Waals surface area contributed by atoms with Crippen LogP contribution in [-0.4, -0.2) is 19.6 Å². The molecule has 2 nitrogen and oxygen atoms in total. The molecule has 0 bridgehead atoms. The van der Waals surface area contributed by atoms with Gasteiger partial charge in [0.05, 0.1) is 10.7 Å². The molecule has 0 aliphatic heterocycles. The minimum Gasteiger partial charge on any atom is -0.370 e. The van der Waals surface area contributed by atoms with E-state index in [4.69, 9.17) is 11.6 Å². The lowest BCUT2D eigenvalue weighted by Crippen LogP contribution is -2.30. The molecule has 0 aliphatic carbocycles. The summed E-state index contributed by atoms with van der Waals surface area (Å²) in [5.41, 5.74) is 2.53. The molecule has 0 radical (unpaired) electrons. The summed E-state index contributed by atoms with van der Waals surface area (Å²) in [6.07, 6.45) is 3.60. The lowest BCUT2D eigenvalue weighted by Gasteiger charge is -2.30. The summed E-state index contributed by atoms with van der Waals surface area (Å²) in [6.45, 7) is 13.0. The predicted octanol–water partition coefficient (Wildman–Crippen LogP) is 5.10. The van der Waals surface area contributed by atoms with E-state index in [1.165, 1.54) is 24.1 Å². The fraction of sp³-hybridized carbons (Fsp3) is 0.667. The molecule has 120 valence electrons. The standard InChI is InChI=1S/C18H31ClN2/c1-5-12-20-13-16-10-9-11-17(19)18(16)21(8-4)14-15(6-2)7-3/h9-11,15,20H,5-8,12-14H2,1-4H3. The van der Waals surface area contributed by atoms with Gasteiger partial charge < -0.3 is 10.2 Å². The SMILES string of the molecule is CCCNCc1cccc(Cl)c1N(CC)CC(CC)CC. The van der Waals surface area contributed by atoms with Crippen molar-refractivity contribution in [1.29, 1.82) is 0 Å². The molecule has 0 unspecified atom stereocenters. The number of anilines is 1. The molecule has 1 aromatic rings. The predicted molar refractivity (Wildman–Crippen MR) is 95.4 cm³/mol. The molecule has 0 amide bonds. The highest BCUT2D eigenvalue weighted by atomic mass is 35.5. The quantitative estimate of drug-likeness (QED) is 0.605. The van der Waals surface area contributed by atoms with Crippen molar-refractivity contribution in [1.82, 2.24) is 5.32 Å². The first-order valence-corrected chi connectivity index (χ1v) is 8.78. The fourth-order valence-electron chi connectivity index (χ4n) is 2.69. The van der Waals surface area contributed by atoms with Crippen LogP contribution in [0.15, 0.2) is 18.2 Å². The Bertz CT molecular complexity index is 402. The number of benzene rings is 1. The van der Waals surface area contributed by atoms with Crippen LogP contribution in [0.5, 0.6) is 0 Å². The normalized spacial score (nSPS) is 11.1. The van der Waals surface area contributed by atoms with Gasteiger partial charge in [0.15, 0.2) is 0 Å². The van der Waals surface area contributed by atoms with Gasteiger partial charge in [0.1, 0.15) is 0 Å². The van der Waals surface area contributed by atoms with Gasteiger partial charge in [-0.2, -0.15) is 0 Å². The Hall–Kier alpha value is -0.730. The van der Waals surface area contributed by atoms with Crippen LogP contribution in [-0.2, 0) is 6.54 Å². The smallest absolute Gasteiger partial charge is 0.0642 e. The molecule has 0 saturated heterocycles. The van der Waals surface area contributed by atoms with E-state index < -0.39 is 0 Å². The molecular formula is C18H31ClN2. The average molecular weight is 311 g/mol. The summed E-state index contributed by atoms with van der Waals surface area (Å²) >= 11 is 6.52. The first kappa shape index (κ1) is 18.3. The van der Waals surface area contributed by atoms with E-state index in [1.54, 1.807) is 0 Å². The van der Waals surface area contributed by atoms with Crippen molar-refractivity contribution < 1.29 is 0 Å². The molecule has 1 rings (SSSR count). The van der Waals surface area contributed by atoms with E-state index >= 15 is 0 Å². The maximum absolute atomic E-state index is 6.52. The zero-order valence-corrected chi connectivity index (χ0v) is 14.8. The van der Waals surface area contributed by atoms with E-state index in [9.17, 15) is 0 Å². The highest BCUT2D eigenvalue weighted by Gasteiger charge is 2.16. The van der Waals surface area contributed by atoms with Crippen molar-refractivity contribution in [3.63, 3.8) is 0 Å². The number of nitrogens with zero attached hydrogens (tertiary/aromatic N) is 1. The summed E-state index contributed by atoms with van der Waals surface area (Å²) in [4.78, 5) is 2.45. The summed E-state index contributed by atoms with van der Waals surface area (Å²) in [5.74, 6) is 0.734. The Labute approximate surface area is 135 Å². The summed E-state index contributed by atoms with van der Waals surface area (Å²) in [5, 5.41) is 4.37. The van der Waals surface area contributed by atoms with Crippen LogP contribution in [0.25, 0.3) is 0 Å². The Balaban J connectivity index is 2.95. The van der Waals surface area contributed by atoms with Gasteiger partial charge in [-0.15, -0.1) is 0 Å². The Morgan fingerprint density at radius 2 is 1.86 bits per heavy atom. The molecular weight excluding hydrogens is 280 g/mol. The van der Waals surface area contributed by atoms with Crippen LogP contribution < -0.4 is 10.2 Å². The topological polar surface area (TPSA) is 15.3 Å². The van der Waals surface area contributed by atoms with Crippen LogP contribution >= 0.6 is 11.6 Å². The first-order chi connectivity index (χ1) is 10.2. The third kappa shape index (κ3) is 5.52. The summed E-state index contributed by atoms with van der Waals surface area (Å²) < 4.78 is 0. The van der Waals surface area contributed by atoms with E-state index in [0.717, 1.165) is 43.5 Å². The molecule has 0 aliphatic rings. The molecule has 1 aromatic carbocycles. The average Bonchev–Trinajstić information content (AvgIpc) is 2.50. The Morgan fingerprint density at radius 3 is 2.43 bits per heavy atom. The molecule has 21 heavy (non-hydrogen) atoms. The largest absolute Gasteiger partial charge is 0.370 e. The molecule has 0 heterocycles. The van der Waals surface area contributed by atoms with Crippen molar-refractivity contribution in [2.45, 2.75) is 53.5 Å². The second-order valence-electron chi connectivity index (χ2n) is 5.65. The zero-order chi connectivity index (χ0) is 15.7. The van der Waals surface area contributed by atoms with Crippen LogP contribution in [0.1, 0.15) is 52.5 Å². The first-order valence-electron chi connectivity index (χ1n) is 8.40. The van der Waals surface area contributed by atoms with Gasteiger partial charge in [0, 0.05) is 19.6 Å². The van der Waals surface area contributed by atoms with Crippen molar-refractivity contribution in [3.8, 4) is 0 Å². The van der Waals surface area contributed by atoms with E-state index in [2.05, 4.69) is 50.0 Å². The van der Waals surface area contributed by atoms with Gasteiger partial charge in [-0.05, 0) is 37.4 Å². The zero-order valence-electron chi connectivity index (χ0n) is 14.1. The minimum atomic E-state index is 0.734. The molecule has 3 heteroatoms. The highest BCUT2D eigenvalue weighted by molar-refractivity contribution is 6.33. The monoisotopic (exact) mass is 310 g/mol. The maximum atomic E-state index is 6.52. The molecule has 1 N–H and O–H groups in total. The Morgan fingerprint density at radius 1 is 1.14 bits per heavy atom. The van der Waals surface area contributed by atoms with Crippen LogP contribution in [0.4, 0.5) is 5.69 Å². The lowest BCUT2D eigenvalue weighted by molar-refractivity contribution is 0.485. The van der Waals surface area contributed by atoms with Gasteiger partial charge >= 0.3 is 0 Å². The lowest BCUT2D eigenvalue weighted by atomic mass is 10.0. The summed E-state index contributed by atoms with van der Waals surface area (Å²) in [7, 11) is 0. The van der Waals surface area contributed by atoms with Gasteiger partial charge in [0.2, 0.25) is 0 Å². The van der Waals surface area contributed by atoms with Gasteiger partial charge in [-0.3, -0.25) is 0 Å². The molecule has 0 aromatic heterocycles. The van der Waals surface area contributed by atoms with Crippen molar-refractivity contribution >= 4 is 17.3 Å². The van der Waals surface area contributed by atoms with Crippen LogP contribution in [0, 0.1) is 5.92 Å². The molecule has 0 spiro atoms. The highest BCUT2D eigenvalue weighted by Crippen LogP contribution is 2.31. The van der Waals surface area contributed by atoms with Crippen molar-refractivity contribution in [2.24, 2.45) is 5.92 Å². The van der Waals surface area contributed by atoms with E-state index in [1.807, 2.05) is 6.07 Å². The Kier molecular flexibility index (Phi) is 8.79. The second kappa shape index (κ2) is 10.1. The maximum Gasteiger partial charge on any atom is 0.0642 e. The summed E-state index contributed by atoms with van der Waals surface area (Å²) in [6, 6.07) is 6.26. The minimum absolute atomic E-state index is 0.734. The van der Waals surface area contributed by atoms with Gasteiger partial charge in [-0.25, -0.2) is 0 Å². The fourth-order valence-corrected chi connectivity index (χ4v) is 3.01. The number of rotatable bonds is 10. The molecule has 0 saturated carbocycles. The third-order valence-corrected chi connectivity index (χ3v) is 4.45. The van der Waals surface area contributed by atoms with Gasteiger partial charge in [0.25, 0.3) is 0 Å². The number of nitrogens with one attached hydrogen (secondary N) is 1. The number of para-hydroxylation sites is 1. The van der Waals surface area contributed by atoms with Crippen molar-refractivity contribution in [3.05, 3.63) is 28.8 Å². The van der Waals surface area contributed by atoms with Crippen LogP contribution in [0.3, 0.4) is 0 Å².